The third kappa shape index (κ3) is 3.80. The van der Waals surface area contributed by atoms with Crippen LogP contribution in [0.25, 0.3) is 0 Å². The van der Waals surface area contributed by atoms with Gasteiger partial charge < -0.3 is 20.6 Å². The van der Waals surface area contributed by atoms with Gasteiger partial charge in [0, 0.05) is 0 Å². The number of anilines is 2. The minimum atomic E-state index is -0.193. The number of ether oxygens (including phenoxy) is 1. The first-order valence-electron chi connectivity index (χ1n) is 6.55. The molecule has 1 atom stereocenters. The molecule has 1 aromatic heterocycles. The van der Waals surface area contributed by atoms with Crippen molar-refractivity contribution in [2.75, 3.05) is 24.5 Å². The zero-order valence-electron chi connectivity index (χ0n) is 11.8. The second-order valence-electron chi connectivity index (χ2n) is 4.46. The SMILES string of the molecule is COc1c(NN)ncnc1NC(CO)Cc1ccccc1. The van der Waals surface area contributed by atoms with Crippen LogP contribution in [0.3, 0.4) is 0 Å². The van der Waals surface area contributed by atoms with E-state index in [1.807, 2.05) is 30.3 Å². The van der Waals surface area contributed by atoms with Crippen LogP contribution < -0.4 is 21.3 Å². The lowest BCUT2D eigenvalue weighted by Gasteiger charge is -2.19. The van der Waals surface area contributed by atoms with Crippen LogP contribution in [0.4, 0.5) is 11.6 Å². The van der Waals surface area contributed by atoms with E-state index >= 15 is 0 Å². The highest BCUT2D eigenvalue weighted by Gasteiger charge is 2.15. The Hall–Kier alpha value is -2.38. The molecule has 21 heavy (non-hydrogen) atoms. The van der Waals surface area contributed by atoms with Gasteiger partial charge in [0.05, 0.1) is 19.8 Å². The number of nitrogen functional groups attached to an aromatic ring is 1. The highest BCUT2D eigenvalue weighted by Crippen LogP contribution is 2.28. The molecule has 0 saturated carbocycles. The number of aliphatic hydroxyl groups is 1. The molecule has 2 aromatic rings. The number of methoxy groups -OCH3 is 1. The average molecular weight is 289 g/mol. The van der Waals surface area contributed by atoms with Crippen LogP contribution in [0, 0.1) is 0 Å². The maximum atomic E-state index is 9.55. The molecule has 0 aliphatic heterocycles. The number of nitrogens with zero attached hydrogens (tertiary/aromatic N) is 2. The van der Waals surface area contributed by atoms with Gasteiger partial charge in [-0.2, -0.15) is 0 Å². The summed E-state index contributed by atoms with van der Waals surface area (Å²) in [4.78, 5) is 8.10. The van der Waals surface area contributed by atoms with Gasteiger partial charge in [0.1, 0.15) is 6.33 Å². The number of hydrogen-bond donors (Lipinski definition) is 4. The van der Waals surface area contributed by atoms with Gasteiger partial charge in [-0.05, 0) is 12.0 Å². The Balaban J connectivity index is 2.15. The van der Waals surface area contributed by atoms with Crippen LogP contribution in [0.5, 0.6) is 5.75 Å². The van der Waals surface area contributed by atoms with E-state index in [1.165, 1.54) is 13.4 Å². The van der Waals surface area contributed by atoms with E-state index in [2.05, 4.69) is 20.7 Å². The van der Waals surface area contributed by atoms with Crippen LogP contribution >= 0.6 is 0 Å². The molecule has 7 nitrogen and oxygen atoms in total. The molecule has 0 radical (unpaired) electrons. The Kier molecular flexibility index (Phi) is 5.30. The molecule has 1 aromatic carbocycles. The van der Waals surface area contributed by atoms with Crippen molar-refractivity contribution in [3.05, 3.63) is 42.2 Å². The lowest BCUT2D eigenvalue weighted by molar-refractivity contribution is 0.273. The normalized spacial score (nSPS) is 11.8. The van der Waals surface area contributed by atoms with Crippen molar-refractivity contribution < 1.29 is 9.84 Å². The lowest BCUT2D eigenvalue weighted by atomic mass is 10.1. The summed E-state index contributed by atoms with van der Waals surface area (Å²) >= 11 is 0. The molecule has 0 bridgehead atoms. The predicted molar refractivity (Wildman–Crippen MR) is 81.0 cm³/mol. The van der Waals surface area contributed by atoms with Gasteiger partial charge in [-0.15, -0.1) is 0 Å². The number of hydrogen-bond acceptors (Lipinski definition) is 7. The Bertz CT molecular complexity index is 565. The monoisotopic (exact) mass is 289 g/mol. The van der Waals surface area contributed by atoms with Crippen molar-refractivity contribution in [3.8, 4) is 5.75 Å². The van der Waals surface area contributed by atoms with Crippen molar-refractivity contribution in [2.24, 2.45) is 5.84 Å². The summed E-state index contributed by atoms with van der Waals surface area (Å²) in [5.41, 5.74) is 3.57. The standard InChI is InChI=1S/C14H19N5O2/c1-21-12-13(16-9-17-14(12)19-15)18-11(8-20)7-10-5-3-2-4-6-10/h2-6,9,11,20H,7-8,15H2,1H3,(H2,16,17,18,19). The van der Waals surface area contributed by atoms with Gasteiger partial charge in [-0.25, -0.2) is 15.8 Å². The minimum Gasteiger partial charge on any atom is -0.490 e. The van der Waals surface area contributed by atoms with E-state index in [0.29, 0.717) is 23.8 Å². The lowest BCUT2D eigenvalue weighted by Crippen LogP contribution is -2.27. The molecule has 2 rings (SSSR count). The summed E-state index contributed by atoms with van der Waals surface area (Å²) in [5, 5.41) is 12.7. The number of rotatable bonds is 7. The fourth-order valence-electron chi connectivity index (χ4n) is 2.03. The molecule has 0 fully saturated rings. The fourth-order valence-corrected chi connectivity index (χ4v) is 2.03. The molecule has 0 aliphatic carbocycles. The van der Waals surface area contributed by atoms with E-state index in [4.69, 9.17) is 10.6 Å². The summed E-state index contributed by atoms with van der Waals surface area (Å²) in [7, 11) is 1.51. The molecule has 7 heteroatoms. The Morgan fingerprint density at radius 1 is 1.24 bits per heavy atom. The number of aliphatic hydroxyl groups excluding tert-OH is 1. The maximum Gasteiger partial charge on any atom is 0.205 e. The highest BCUT2D eigenvalue weighted by molar-refractivity contribution is 5.63. The van der Waals surface area contributed by atoms with Gasteiger partial charge in [-0.3, -0.25) is 0 Å². The molecule has 1 heterocycles. The van der Waals surface area contributed by atoms with Crippen molar-refractivity contribution in [1.29, 1.82) is 0 Å². The third-order valence-corrected chi connectivity index (χ3v) is 3.03. The minimum absolute atomic E-state index is 0.0343. The maximum absolute atomic E-state index is 9.55. The van der Waals surface area contributed by atoms with Crippen LogP contribution in [-0.4, -0.2) is 34.8 Å². The average Bonchev–Trinajstić information content (AvgIpc) is 2.54. The van der Waals surface area contributed by atoms with Crippen molar-refractivity contribution in [2.45, 2.75) is 12.5 Å². The zero-order valence-corrected chi connectivity index (χ0v) is 11.8. The van der Waals surface area contributed by atoms with Crippen molar-refractivity contribution in [3.63, 3.8) is 0 Å². The van der Waals surface area contributed by atoms with Gasteiger partial charge in [0.2, 0.25) is 5.75 Å². The molecule has 5 N–H and O–H groups in total. The third-order valence-electron chi connectivity index (χ3n) is 3.03. The largest absolute Gasteiger partial charge is 0.490 e. The number of aromatic nitrogens is 2. The second-order valence-corrected chi connectivity index (χ2v) is 4.46. The topological polar surface area (TPSA) is 105 Å². The van der Waals surface area contributed by atoms with Crippen LogP contribution in [0.15, 0.2) is 36.7 Å². The van der Waals surface area contributed by atoms with Gasteiger partial charge in [0.25, 0.3) is 0 Å². The quantitative estimate of drug-likeness (QED) is 0.441. The number of nitrogens with two attached hydrogens (primary N) is 1. The van der Waals surface area contributed by atoms with Crippen LogP contribution in [0.2, 0.25) is 0 Å². The van der Waals surface area contributed by atoms with Crippen molar-refractivity contribution >= 4 is 11.6 Å². The summed E-state index contributed by atoms with van der Waals surface area (Å²) in [5.74, 6) is 6.66. The molecule has 0 amide bonds. The smallest absolute Gasteiger partial charge is 0.205 e. The molecule has 1 unspecified atom stereocenters. The van der Waals surface area contributed by atoms with E-state index in [-0.39, 0.29) is 12.6 Å². The first kappa shape index (κ1) is 15.0. The van der Waals surface area contributed by atoms with Gasteiger partial charge in [0.15, 0.2) is 11.6 Å². The molecule has 112 valence electrons. The number of benzene rings is 1. The molecular weight excluding hydrogens is 270 g/mol. The van der Waals surface area contributed by atoms with Gasteiger partial charge in [-0.1, -0.05) is 30.3 Å². The highest BCUT2D eigenvalue weighted by atomic mass is 16.5. The molecule has 0 spiro atoms. The van der Waals surface area contributed by atoms with E-state index in [1.54, 1.807) is 0 Å². The summed E-state index contributed by atoms with van der Waals surface area (Å²) < 4.78 is 5.25. The summed E-state index contributed by atoms with van der Waals surface area (Å²) in [6, 6.07) is 9.71. The Labute approximate surface area is 123 Å². The molecule has 0 aliphatic rings. The summed E-state index contributed by atoms with van der Waals surface area (Å²) in [6.45, 7) is -0.0343. The first-order chi connectivity index (χ1) is 10.3. The van der Waals surface area contributed by atoms with Crippen LogP contribution in [-0.2, 0) is 6.42 Å². The van der Waals surface area contributed by atoms with E-state index in [0.717, 1.165) is 5.56 Å². The van der Waals surface area contributed by atoms with Crippen molar-refractivity contribution in [1.82, 2.24) is 9.97 Å². The Morgan fingerprint density at radius 2 is 1.95 bits per heavy atom. The molecular formula is C14H19N5O2. The zero-order chi connectivity index (χ0) is 15.1. The van der Waals surface area contributed by atoms with Crippen LogP contribution in [0.1, 0.15) is 5.56 Å². The number of hydrazine groups is 1. The first-order valence-corrected chi connectivity index (χ1v) is 6.55. The fraction of sp³-hybridized carbons (Fsp3) is 0.286. The predicted octanol–water partition coefficient (Wildman–Crippen LogP) is 0.786. The molecule has 0 saturated heterocycles. The van der Waals surface area contributed by atoms with Gasteiger partial charge >= 0.3 is 0 Å². The second kappa shape index (κ2) is 7.41. The number of nitrogens with one attached hydrogen (secondary N) is 2. The van der Waals surface area contributed by atoms with E-state index in [9.17, 15) is 5.11 Å². The summed E-state index contributed by atoms with van der Waals surface area (Å²) in [6.07, 6.45) is 2.03. The van der Waals surface area contributed by atoms with E-state index < -0.39 is 0 Å². The Morgan fingerprint density at radius 3 is 2.57 bits per heavy atom.